The first-order valence-corrected chi connectivity index (χ1v) is 10.9. The van der Waals surface area contributed by atoms with Crippen LogP contribution in [-0.4, -0.2) is 50.9 Å². The summed E-state index contributed by atoms with van der Waals surface area (Å²) in [6, 6.07) is 4.23. The molecule has 4 rings (SSSR count). The number of rotatable bonds is 3. The fraction of sp³-hybridized carbons (Fsp3) is 0.565. The Kier molecular flexibility index (Phi) is 5.74. The Bertz CT molecular complexity index is 1030. The van der Waals surface area contributed by atoms with Gasteiger partial charge in [0.15, 0.2) is 0 Å². The summed E-state index contributed by atoms with van der Waals surface area (Å²) in [6.45, 7) is 9.03. The molecule has 1 amide bonds. The maximum Gasteiger partial charge on any atom is 0.417 e. The number of halogens is 3. The standard InChI is InChI=1S/C23H28F3N5O2.2H2/c1-21(2,3)33-20(32)31-12-14-9-15(10-22(14,4)13-31)28-19-6-5-18(29-30-19)16-11-27-8-7-17(16)23(24,25)26;;/h5-8,11,14-15H,9-10,12-13H2,1-4H3,(H,28,30);2*1H/t14?,15-,22-;;/m1../s1. The summed E-state index contributed by atoms with van der Waals surface area (Å²) in [5.74, 6) is 0.841. The predicted octanol–water partition coefficient (Wildman–Crippen LogP) is 5.50. The van der Waals surface area contributed by atoms with Gasteiger partial charge >= 0.3 is 12.3 Å². The molecule has 0 radical (unpaired) electrons. The molecule has 3 atom stereocenters. The first-order valence-electron chi connectivity index (χ1n) is 10.9. The summed E-state index contributed by atoms with van der Waals surface area (Å²) in [7, 11) is 0. The summed E-state index contributed by atoms with van der Waals surface area (Å²) in [5, 5.41) is 11.5. The molecule has 7 nitrogen and oxygen atoms in total. The molecule has 2 aromatic rings. The second kappa shape index (κ2) is 8.14. The smallest absolute Gasteiger partial charge is 0.417 e. The maximum absolute atomic E-state index is 13.3. The highest BCUT2D eigenvalue weighted by atomic mass is 19.4. The second-order valence-electron chi connectivity index (χ2n) is 10.2. The van der Waals surface area contributed by atoms with Crippen molar-refractivity contribution in [3.8, 4) is 11.3 Å². The van der Waals surface area contributed by atoms with E-state index in [4.69, 9.17) is 4.74 Å². The molecule has 1 saturated heterocycles. The number of alkyl halides is 3. The van der Waals surface area contributed by atoms with Gasteiger partial charge in [0, 0.05) is 39.9 Å². The van der Waals surface area contributed by atoms with E-state index in [0.717, 1.165) is 31.3 Å². The van der Waals surface area contributed by atoms with Crippen molar-refractivity contribution in [1.29, 1.82) is 0 Å². The number of nitrogens with zero attached hydrogens (tertiary/aromatic N) is 4. The monoisotopic (exact) mass is 467 g/mol. The Hall–Kier alpha value is -2.91. The summed E-state index contributed by atoms with van der Waals surface area (Å²) >= 11 is 0. The highest BCUT2D eigenvalue weighted by Gasteiger charge is 2.51. The van der Waals surface area contributed by atoms with Gasteiger partial charge in [0.1, 0.15) is 11.4 Å². The van der Waals surface area contributed by atoms with Gasteiger partial charge in [-0.2, -0.15) is 13.2 Å². The van der Waals surface area contributed by atoms with Crippen LogP contribution in [0.4, 0.5) is 23.8 Å². The van der Waals surface area contributed by atoms with E-state index in [0.29, 0.717) is 24.8 Å². The van der Waals surface area contributed by atoms with Crippen LogP contribution in [0.1, 0.15) is 49.0 Å². The Morgan fingerprint density at radius 3 is 2.61 bits per heavy atom. The number of hydrogen-bond acceptors (Lipinski definition) is 6. The van der Waals surface area contributed by atoms with Gasteiger partial charge in [-0.1, -0.05) is 6.92 Å². The van der Waals surface area contributed by atoms with Crippen LogP contribution in [0.5, 0.6) is 0 Å². The molecule has 182 valence electrons. The molecular weight excluding hydrogens is 435 g/mol. The third-order valence-electron chi connectivity index (χ3n) is 6.33. The van der Waals surface area contributed by atoms with Gasteiger partial charge in [0.25, 0.3) is 0 Å². The van der Waals surface area contributed by atoms with Crippen LogP contribution >= 0.6 is 0 Å². The average Bonchev–Trinajstić information content (AvgIpc) is 3.18. The third-order valence-corrected chi connectivity index (χ3v) is 6.33. The number of likely N-dealkylation sites (tertiary alicyclic amines) is 1. The Morgan fingerprint density at radius 1 is 1.24 bits per heavy atom. The van der Waals surface area contributed by atoms with Crippen molar-refractivity contribution in [1.82, 2.24) is 20.1 Å². The van der Waals surface area contributed by atoms with Crippen molar-refractivity contribution < 1.29 is 25.6 Å². The van der Waals surface area contributed by atoms with Gasteiger partial charge in [-0.15, -0.1) is 10.2 Å². The van der Waals surface area contributed by atoms with Gasteiger partial charge in [0.2, 0.25) is 0 Å². The highest BCUT2D eigenvalue weighted by molar-refractivity contribution is 5.69. The zero-order chi connectivity index (χ0) is 24.0. The minimum atomic E-state index is -4.50. The molecule has 0 aromatic carbocycles. The lowest BCUT2D eigenvalue weighted by atomic mass is 9.83. The van der Waals surface area contributed by atoms with E-state index >= 15 is 0 Å². The van der Waals surface area contributed by atoms with Crippen molar-refractivity contribution in [3.05, 3.63) is 36.2 Å². The largest absolute Gasteiger partial charge is 0.444 e. The summed E-state index contributed by atoms with van der Waals surface area (Å²) in [5.41, 5.74) is -1.34. The number of hydrogen-bond donors (Lipinski definition) is 1. The number of carbonyl (C=O) groups is 1. The summed E-state index contributed by atoms with van der Waals surface area (Å²) in [4.78, 5) is 18.0. The van der Waals surface area contributed by atoms with E-state index in [2.05, 4.69) is 27.4 Å². The van der Waals surface area contributed by atoms with E-state index in [9.17, 15) is 18.0 Å². The maximum atomic E-state index is 13.3. The summed E-state index contributed by atoms with van der Waals surface area (Å²) in [6.07, 6.45) is -0.813. The van der Waals surface area contributed by atoms with Gasteiger partial charge in [-0.25, -0.2) is 4.79 Å². The minimum absolute atomic E-state index is 0. The molecule has 10 heteroatoms. The van der Waals surface area contributed by atoms with Crippen LogP contribution in [-0.2, 0) is 10.9 Å². The summed E-state index contributed by atoms with van der Waals surface area (Å²) < 4.78 is 45.3. The molecular formula is C23H32F3N5O2. The topological polar surface area (TPSA) is 80.2 Å². The molecule has 2 fully saturated rings. The molecule has 0 bridgehead atoms. The quantitative estimate of drug-likeness (QED) is 0.642. The first kappa shape index (κ1) is 23.3. The third kappa shape index (κ3) is 5.04. The van der Waals surface area contributed by atoms with E-state index < -0.39 is 17.3 Å². The number of nitrogens with one attached hydrogen (secondary N) is 1. The minimum Gasteiger partial charge on any atom is -0.444 e. The van der Waals surface area contributed by atoms with Crippen LogP contribution in [0.15, 0.2) is 30.6 Å². The highest BCUT2D eigenvalue weighted by Crippen LogP contribution is 2.49. The second-order valence-corrected chi connectivity index (χ2v) is 10.2. The Morgan fingerprint density at radius 2 is 2.00 bits per heavy atom. The average molecular weight is 468 g/mol. The lowest BCUT2D eigenvalue weighted by molar-refractivity contribution is -0.137. The Labute approximate surface area is 193 Å². The first-order chi connectivity index (χ1) is 15.3. The number of pyridine rings is 1. The fourth-order valence-electron chi connectivity index (χ4n) is 4.88. The number of amides is 1. The van der Waals surface area contributed by atoms with Crippen molar-refractivity contribution in [2.75, 3.05) is 18.4 Å². The van der Waals surface area contributed by atoms with Crippen molar-refractivity contribution in [2.45, 2.75) is 58.4 Å². The lowest BCUT2D eigenvalue weighted by Crippen LogP contribution is -2.37. The predicted molar refractivity (Wildman–Crippen MR) is 121 cm³/mol. The normalized spacial score (nSPS) is 25.1. The molecule has 1 aliphatic heterocycles. The molecule has 0 spiro atoms. The zero-order valence-electron chi connectivity index (χ0n) is 19.1. The van der Waals surface area contributed by atoms with Gasteiger partial charge in [0.05, 0.1) is 11.3 Å². The van der Waals surface area contributed by atoms with Gasteiger partial charge < -0.3 is 15.0 Å². The molecule has 33 heavy (non-hydrogen) atoms. The van der Waals surface area contributed by atoms with Gasteiger partial charge in [-0.05, 0) is 63.1 Å². The molecule has 2 aromatic heterocycles. The molecule has 2 aliphatic rings. The van der Waals surface area contributed by atoms with Crippen LogP contribution in [0.3, 0.4) is 0 Å². The van der Waals surface area contributed by atoms with Crippen molar-refractivity contribution in [3.63, 3.8) is 0 Å². The SMILES string of the molecule is CC(C)(C)OC(=O)N1CC2C[C@@H](Nc3ccc(-c4cnccc4C(F)(F)F)nn3)C[C@]2(C)C1.[HH].[HH]. The fourth-order valence-corrected chi connectivity index (χ4v) is 4.88. The number of aromatic nitrogens is 3. The molecule has 3 heterocycles. The zero-order valence-corrected chi connectivity index (χ0v) is 19.1. The lowest BCUT2D eigenvalue weighted by Gasteiger charge is -2.27. The van der Waals surface area contributed by atoms with Crippen molar-refractivity contribution in [2.24, 2.45) is 11.3 Å². The number of carbonyl (C=O) groups excluding carboxylic acids is 1. The van der Waals surface area contributed by atoms with Gasteiger partial charge in [-0.3, -0.25) is 4.98 Å². The number of anilines is 1. The molecule has 1 N–H and O–H groups in total. The van der Waals surface area contributed by atoms with Crippen LogP contribution < -0.4 is 5.32 Å². The van der Waals surface area contributed by atoms with Crippen molar-refractivity contribution >= 4 is 11.9 Å². The number of ether oxygens (including phenoxy) is 1. The molecule has 1 saturated carbocycles. The number of fused-ring (bicyclic) bond motifs is 1. The van der Waals surface area contributed by atoms with Crippen LogP contribution in [0.25, 0.3) is 11.3 Å². The van der Waals surface area contributed by atoms with E-state index in [-0.39, 0.29) is 31.7 Å². The van der Waals surface area contributed by atoms with E-state index in [1.165, 1.54) is 6.07 Å². The Balaban J connectivity index is 0.00000216. The van der Waals surface area contributed by atoms with Crippen LogP contribution in [0.2, 0.25) is 0 Å². The van der Waals surface area contributed by atoms with Crippen LogP contribution in [0, 0.1) is 11.3 Å². The molecule has 1 unspecified atom stereocenters. The van der Waals surface area contributed by atoms with E-state index in [1.54, 1.807) is 11.0 Å². The van der Waals surface area contributed by atoms with E-state index in [1.807, 2.05) is 20.8 Å². The molecule has 1 aliphatic carbocycles.